The molecule has 0 aromatic heterocycles. The van der Waals surface area contributed by atoms with E-state index in [9.17, 15) is 10.2 Å². The number of aryl methyl sites for hydroxylation is 1. The summed E-state index contributed by atoms with van der Waals surface area (Å²) < 4.78 is 12.1. The number of hydrogen-bond acceptors (Lipinski definition) is 5. The second kappa shape index (κ2) is 10.1. The van der Waals surface area contributed by atoms with Gasteiger partial charge in [-0.2, -0.15) is 0 Å². The summed E-state index contributed by atoms with van der Waals surface area (Å²) in [7, 11) is 0. The van der Waals surface area contributed by atoms with Gasteiger partial charge in [-0.05, 0) is 81.8 Å². The first-order valence-electron chi connectivity index (χ1n) is 10.7. The summed E-state index contributed by atoms with van der Waals surface area (Å²) in [6.45, 7) is 17.7. The molecule has 2 rings (SSSR count). The third-order valence-electron chi connectivity index (χ3n) is 5.64. The van der Waals surface area contributed by atoms with Gasteiger partial charge in [-0.25, -0.2) is 0 Å². The minimum atomic E-state index is -0.0672. The van der Waals surface area contributed by atoms with Gasteiger partial charge in [0.1, 0.15) is 29.1 Å². The molecule has 3 N–H and O–H groups in total. The van der Waals surface area contributed by atoms with Crippen LogP contribution >= 0.6 is 0 Å². The van der Waals surface area contributed by atoms with Crippen LogP contribution in [0.3, 0.4) is 0 Å². The van der Waals surface area contributed by atoms with Crippen molar-refractivity contribution in [3.05, 3.63) is 45.5 Å². The Labute approximate surface area is 181 Å². The quantitative estimate of drug-likeness (QED) is 0.511. The molecule has 1 atom stereocenters. The number of phenols is 2. The number of aromatic hydroxyl groups is 2. The molecule has 30 heavy (non-hydrogen) atoms. The van der Waals surface area contributed by atoms with Crippen molar-refractivity contribution >= 4 is 0 Å². The molecule has 0 aliphatic rings. The summed E-state index contributed by atoms with van der Waals surface area (Å²) in [6.07, 6.45) is -0.0672. The monoisotopic (exact) mass is 415 g/mol. The van der Waals surface area contributed by atoms with Crippen LogP contribution in [0.1, 0.15) is 67.0 Å². The molecule has 0 saturated heterocycles. The van der Waals surface area contributed by atoms with Crippen molar-refractivity contribution in [3.63, 3.8) is 0 Å². The second-order valence-electron chi connectivity index (χ2n) is 8.35. The highest BCUT2D eigenvalue weighted by Crippen LogP contribution is 2.37. The first kappa shape index (κ1) is 23.9. The van der Waals surface area contributed by atoms with Gasteiger partial charge in [-0.1, -0.05) is 13.8 Å². The third kappa shape index (κ3) is 5.20. The van der Waals surface area contributed by atoms with Crippen LogP contribution in [0.25, 0.3) is 0 Å². The molecule has 2 aromatic carbocycles. The molecular formula is C25H37NO4. The summed E-state index contributed by atoms with van der Waals surface area (Å²) in [5.41, 5.74) is 5.46. The fraction of sp³-hybridized carbons (Fsp3) is 0.520. The van der Waals surface area contributed by atoms with Gasteiger partial charge < -0.3 is 25.0 Å². The Morgan fingerprint density at radius 1 is 0.967 bits per heavy atom. The van der Waals surface area contributed by atoms with E-state index in [-0.39, 0.29) is 12.0 Å². The number of hydrogen-bond donors (Lipinski definition) is 3. The van der Waals surface area contributed by atoms with Gasteiger partial charge in [0.25, 0.3) is 0 Å². The van der Waals surface area contributed by atoms with Gasteiger partial charge in [-0.15, -0.1) is 0 Å². The third-order valence-corrected chi connectivity index (χ3v) is 5.64. The minimum absolute atomic E-state index is 0.0672. The zero-order valence-corrected chi connectivity index (χ0v) is 19.6. The number of ether oxygens (including phenoxy) is 2. The lowest BCUT2D eigenvalue weighted by Crippen LogP contribution is -2.29. The molecule has 0 bridgehead atoms. The minimum Gasteiger partial charge on any atom is -0.508 e. The van der Waals surface area contributed by atoms with Crippen molar-refractivity contribution in [2.24, 2.45) is 0 Å². The van der Waals surface area contributed by atoms with Crippen molar-refractivity contribution in [1.82, 2.24) is 5.32 Å². The summed E-state index contributed by atoms with van der Waals surface area (Å²) >= 11 is 0. The average molecular weight is 416 g/mol. The molecule has 0 aliphatic heterocycles. The highest BCUT2D eigenvalue weighted by molar-refractivity contribution is 5.57. The Morgan fingerprint density at radius 2 is 1.63 bits per heavy atom. The van der Waals surface area contributed by atoms with Crippen LogP contribution in [-0.4, -0.2) is 29.5 Å². The summed E-state index contributed by atoms with van der Waals surface area (Å²) in [5.74, 6) is 2.54. The molecule has 0 aliphatic carbocycles. The van der Waals surface area contributed by atoms with Crippen LogP contribution < -0.4 is 14.8 Å². The van der Waals surface area contributed by atoms with E-state index in [0.717, 1.165) is 44.9 Å². The lowest BCUT2D eigenvalue weighted by molar-refractivity contribution is 0.213. The number of phenolic OH excluding ortho intramolecular Hbond substituents is 2. The Balaban J connectivity index is 2.12. The van der Waals surface area contributed by atoms with E-state index in [1.54, 1.807) is 6.07 Å². The maximum Gasteiger partial charge on any atom is 0.127 e. The van der Waals surface area contributed by atoms with E-state index in [4.69, 9.17) is 9.47 Å². The van der Waals surface area contributed by atoms with Crippen molar-refractivity contribution in [3.8, 4) is 23.0 Å². The van der Waals surface area contributed by atoms with Gasteiger partial charge in [0, 0.05) is 24.2 Å². The van der Waals surface area contributed by atoms with Crippen LogP contribution in [0, 0.1) is 27.7 Å². The molecule has 0 heterocycles. The van der Waals surface area contributed by atoms with Crippen LogP contribution in [0.5, 0.6) is 23.0 Å². The fourth-order valence-electron chi connectivity index (χ4n) is 3.62. The van der Waals surface area contributed by atoms with E-state index in [1.807, 2.05) is 47.6 Å². The van der Waals surface area contributed by atoms with E-state index in [0.29, 0.717) is 31.2 Å². The first-order chi connectivity index (χ1) is 14.1. The van der Waals surface area contributed by atoms with Gasteiger partial charge in [0.2, 0.25) is 0 Å². The molecular weight excluding hydrogens is 378 g/mol. The smallest absolute Gasteiger partial charge is 0.127 e. The molecule has 0 fully saturated rings. The van der Waals surface area contributed by atoms with Gasteiger partial charge in [-0.3, -0.25) is 0 Å². The normalized spacial score (nSPS) is 12.3. The summed E-state index contributed by atoms with van der Waals surface area (Å²) in [5, 5.41) is 23.9. The van der Waals surface area contributed by atoms with E-state index in [2.05, 4.69) is 19.2 Å². The molecule has 0 saturated carbocycles. The molecule has 0 amide bonds. The largest absolute Gasteiger partial charge is 0.508 e. The van der Waals surface area contributed by atoms with Crippen LogP contribution in [0.4, 0.5) is 0 Å². The lowest BCUT2D eigenvalue weighted by Gasteiger charge is -2.22. The fourth-order valence-corrected chi connectivity index (χ4v) is 3.62. The molecule has 2 aromatic rings. The Kier molecular flexibility index (Phi) is 8.02. The highest BCUT2D eigenvalue weighted by Gasteiger charge is 2.19. The van der Waals surface area contributed by atoms with Gasteiger partial charge >= 0.3 is 0 Å². The number of rotatable bonds is 9. The number of benzene rings is 2. The Hall–Kier alpha value is -2.40. The average Bonchev–Trinajstić information content (AvgIpc) is 2.69. The zero-order chi connectivity index (χ0) is 22.6. The summed E-state index contributed by atoms with van der Waals surface area (Å²) in [6, 6.07) is 3.70. The van der Waals surface area contributed by atoms with Crippen molar-refractivity contribution in [2.75, 3.05) is 13.2 Å². The summed E-state index contributed by atoms with van der Waals surface area (Å²) in [4.78, 5) is 0. The number of nitrogens with one attached hydrogen (secondary N) is 1. The van der Waals surface area contributed by atoms with Crippen LogP contribution in [0.15, 0.2) is 12.1 Å². The van der Waals surface area contributed by atoms with Crippen LogP contribution in [0.2, 0.25) is 0 Å². The SMILES string of the molecule is CCOc1c(C)c(C)c(O)c(C)c1CNCC(C)Oc1cc(C)c(O)cc1C(C)C. The molecule has 5 heteroatoms. The first-order valence-corrected chi connectivity index (χ1v) is 10.7. The molecule has 166 valence electrons. The molecule has 1 unspecified atom stereocenters. The zero-order valence-electron chi connectivity index (χ0n) is 19.6. The van der Waals surface area contributed by atoms with Crippen molar-refractivity contribution < 1.29 is 19.7 Å². The Morgan fingerprint density at radius 3 is 2.23 bits per heavy atom. The van der Waals surface area contributed by atoms with Crippen molar-refractivity contribution in [1.29, 1.82) is 0 Å². The maximum atomic E-state index is 10.5. The second-order valence-corrected chi connectivity index (χ2v) is 8.35. The van der Waals surface area contributed by atoms with E-state index in [1.165, 1.54) is 0 Å². The van der Waals surface area contributed by atoms with Crippen molar-refractivity contribution in [2.45, 2.75) is 74.0 Å². The van der Waals surface area contributed by atoms with Crippen LogP contribution in [-0.2, 0) is 6.54 Å². The Bertz CT molecular complexity index is 890. The predicted molar refractivity (Wildman–Crippen MR) is 122 cm³/mol. The predicted octanol–water partition coefficient (Wildman–Crippen LogP) is 5.41. The van der Waals surface area contributed by atoms with E-state index < -0.39 is 0 Å². The van der Waals surface area contributed by atoms with E-state index >= 15 is 0 Å². The molecule has 5 nitrogen and oxygen atoms in total. The van der Waals surface area contributed by atoms with Gasteiger partial charge in [0.05, 0.1) is 6.61 Å². The lowest BCUT2D eigenvalue weighted by atomic mass is 9.97. The molecule has 0 radical (unpaired) electrons. The van der Waals surface area contributed by atoms with Gasteiger partial charge in [0.15, 0.2) is 0 Å². The molecule has 0 spiro atoms. The topological polar surface area (TPSA) is 71.0 Å². The standard InChI is InChI=1S/C25H37NO4/c1-9-29-25-18(7)17(6)24(28)19(8)21(25)13-26-12-16(5)30-23-10-15(4)22(27)11-20(23)14(2)3/h10-11,14,16,26-28H,9,12-13H2,1-8H3. The highest BCUT2D eigenvalue weighted by atomic mass is 16.5. The maximum absolute atomic E-state index is 10.5.